The van der Waals surface area contributed by atoms with Gasteiger partial charge in [0.2, 0.25) is 5.91 Å². The SMILES string of the molecule is O=C1N(C2CCOCC2)CCC[C@]12CCN(Cc1ncc[nH]1)C2. The summed E-state index contributed by atoms with van der Waals surface area (Å²) < 4.78 is 5.46. The molecule has 3 aliphatic heterocycles. The largest absolute Gasteiger partial charge is 0.381 e. The number of H-pyrrole nitrogens is 1. The highest BCUT2D eigenvalue weighted by molar-refractivity contribution is 5.84. The second kappa shape index (κ2) is 6.24. The number of imidazole rings is 1. The van der Waals surface area contributed by atoms with Crippen LogP contribution in [0.4, 0.5) is 0 Å². The third-order valence-electron chi connectivity index (χ3n) is 5.76. The molecule has 6 nitrogen and oxygen atoms in total. The van der Waals surface area contributed by atoms with Gasteiger partial charge in [-0.3, -0.25) is 9.69 Å². The van der Waals surface area contributed by atoms with Gasteiger partial charge in [-0.1, -0.05) is 0 Å². The Kier molecular flexibility index (Phi) is 4.11. The number of piperidine rings is 1. The molecule has 0 saturated carbocycles. The average molecular weight is 318 g/mol. The number of hydrogen-bond donors (Lipinski definition) is 1. The number of rotatable bonds is 3. The molecule has 0 radical (unpaired) electrons. The summed E-state index contributed by atoms with van der Waals surface area (Å²) in [5.74, 6) is 1.39. The van der Waals surface area contributed by atoms with Gasteiger partial charge in [-0.2, -0.15) is 0 Å². The van der Waals surface area contributed by atoms with Gasteiger partial charge in [0.15, 0.2) is 0 Å². The molecule has 0 unspecified atom stereocenters. The molecule has 1 N–H and O–H groups in total. The zero-order valence-corrected chi connectivity index (χ0v) is 13.7. The zero-order valence-electron chi connectivity index (χ0n) is 13.7. The number of carbonyl (C=O) groups is 1. The van der Waals surface area contributed by atoms with E-state index in [4.69, 9.17) is 4.74 Å². The van der Waals surface area contributed by atoms with Gasteiger partial charge in [0.25, 0.3) is 0 Å². The minimum absolute atomic E-state index is 0.150. The van der Waals surface area contributed by atoms with Crippen LogP contribution in [0.3, 0.4) is 0 Å². The zero-order chi connectivity index (χ0) is 15.7. The van der Waals surface area contributed by atoms with E-state index in [0.717, 1.165) is 77.3 Å². The Morgan fingerprint density at radius 2 is 2.17 bits per heavy atom. The lowest BCUT2D eigenvalue weighted by Gasteiger charge is -2.44. The number of aromatic amines is 1. The van der Waals surface area contributed by atoms with Crippen molar-refractivity contribution in [2.45, 2.75) is 44.7 Å². The van der Waals surface area contributed by atoms with Gasteiger partial charge in [-0.15, -0.1) is 0 Å². The summed E-state index contributed by atoms with van der Waals surface area (Å²) in [4.78, 5) is 25.3. The molecular weight excluding hydrogens is 292 g/mol. The fourth-order valence-corrected chi connectivity index (χ4v) is 4.51. The molecular formula is C17H26N4O2. The average Bonchev–Trinajstić information content (AvgIpc) is 3.23. The predicted octanol–water partition coefficient (Wildman–Crippen LogP) is 1.40. The molecule has 0 aliphatic carbocycles. The van der Waals surface area contributed by atoms with Crippen LogP contribution in [0.25, 0.3) is 0 Å². The topological polar surface area (TPSA) is 61.5 Å². The van der Waals surface area contributed by atoms with Gasteiger partial charge < -0.3 is 14.6 Å². The van der Waals surface area contributed by atoms with Crippen molar-refractivity contribution >= 4 is 5.91 Å². The Morgan fingerprint density at radius 1 is 1.30 bits per heavy atom. The molecule has 126 valence electrons. The highest BCUT2D eigenvalue weighted by Gasteiger charge is 2.49. The second-order valence-corrected chi connectivity index (χ2v) is 7.22. The molecule has 4 heterocycles. The number of likely N-dealkylation sites (tertiary alicyclic amines) is 2. The van der Waals surface area contributed by atoms with Crippen LogP contribution in [0.2, 0.25) is 0 Å². The molecule has 0 aromatic carbocycles. The van der Waals surface area contributed by atoms with Gasteiger partial charge in [0.1, 0.15) is 5.82 Å². The lowest BCUT2D eigenvalue weighted by atomic mass is 9.77. The van der Waals surface area contributed by atoms with Crippen molar-refractivity contribution in [2.24, 2.45) is 5.41 Å². The van der Waals surface area contributed by atoms with Gasteiger partial charge in [-0.25, -0.2) is 4.98 Å². The van der Waals surface area contributed by atoms with Crippen LogP contribution in [0.1, 0.15) is 37.9 Å². The van der Waals surface area contributed by atoms with Crippen molar-refractivity contribution in [3.63, 3.8) is 0 Å². The quantitative estimate of drug-likeness (QED) is 0.915. The first-order valence-corrected chi connectivity index (χ1v) is 8.86. The standard InChI is InChI=1S/C17H26N4O2/c22-16-17(4-1-8-21(16)14-2-10-23-11-3-14)5-9-20(13-17)12-15-18-6-7-19-15/h6-7,14H,1-5,8-13H2,(H,18,19)/t17-/m1/s1. The highest BCUT2D eigenvalue weighted by Crippen LogP contribution is 2.41. The van der Waals surface area contributed by atoms with Crippen LogP contribution in [-0.4, -0.2) is 64.6 Å². The van der Waals surface area contributed by atoms with Crippen molar-refractivity contribution in [3.05, 3.63) is 18.2 Å². The monoisotopic (exact) mass is 318 g/mol. The first kappa shape index (κ1) is 15.1. The van der Waals surface area contributed by atoms with E-state index in [-0.39, 0.29) is 5.41 Å². The molecule has 1 aromatic rings. The van der Waals surface area contributed by atoms with E-state index in [1.165, 1.54) is 0 Å². The summed E-state index contributed by atoms with van der Waals surface area (Å²) in [5, 5.41) is 0. The van der Waals surface area contributed by atoms with Gasteiger partial charge in [0.05, 0.1) is 12.0 Å². The van der Waals surface area contributed by atoms with E-state index in [2.05, 4.69) is 19.8 Å². The second-order valence-electron chi connectivity index (χ2n) is 7.22. The molecule has 3 fully saturated rings. The van der Waals surface area contributed by atoms with Gasteiger partial charge in [-0.05, 0) is 38.6 Å². The molecule has 0 bridgehead atoms. The maximum absolute atomic E-state index is 13.2. The Hall–Kier alpha value is -1.40. The highest BCUT2D eigenvalue weighted by atomic mass is 16.5. The maximum atomic E-state index is 13.2. The summed E-state index contributed by atoms with van der Waals surface area (Å²) in [7, 11) is 0. The number of carbonyl (C=O) groups excluding carboxylic acids is 1. The molecule has 4 rings (SSSR count). The number of amides is 1. The van der Waals surface area contributed by atoms with Crippen LogP contribution in [0.15, 0.2) is 12.4 Å². The fraction of sp³-hybridized carbons (Fsp3) is 0.765. The Morgan fingerprint density at radius 3 is 2.96 bits per heavy atom. The molecule has 1 aromatic heterocycles. The van der Waals surface area contributed by atoms with E-state index in [0.29, 0.717) is 11.9 Å². The minimum atomic E-state index is -0.150. The third-order valence-corrected chi connectivity index (χ3v) is 5.76. The summed E-state index contributed by atoms with van der Waals surface area (Å²) in [5.41, 5.74) is -0.150. The van der Waals surface area contributed by atoms with Crippen LogP contribution < -0.4 is 0 Å². The lowest BCUT2D eigenvalue weighted by molar-refractivity contribution is -0.150. The van der Waals surface area contributed by atoms with Crippen molar-refractivity contribution in [1.29, 1.82) is 0 Å². The number of ether oxygens (including phenoxy) is 1. The number of nitrogens with one attached hydrogen (secondary N) is 1. The van der Waals surface area contributed by atoms with Crippen molar-refractivity contribution in [2.75, 3.05) is 32.8 Å². The smallest absolute Gasteiger partial charge is 0.230 e. The Bertz CT molecular complexity index is 541. The number of hydrogen-bond acceptors (Lipinski definition) is 4. The molecule has 1 amide bonds. The first-order valence-electron chi connectivity index (χ1n) is 8.86. The van der Waals surface area contributed by atoms with Crippen LogP contribution >= 0.6 is 0 Å². The molecule has 3 saturated heterocycles. The van der Waals surface area contributed by atoms with Gasteiger partial charge in [0, 0.05) is 44.7 Å². The Labute approximate surface area is 137 Å². The lowest BCUT2D eigenvalue weighted by Crippen LogP contribution is -2.54. The normalized spacial score (nSPS) is 30.4. The summed E-state index contributed by atoms with van der Waals surface area (Å²) in [6.45, 7) is 5.22. The van der Waals surface area contributed by atoms with Crippen LogP contribution in [-0.2, 0) is 16.1 Å². The van der Waals surface area contributed by atoms with E-state index >= 15 is 0 Å². The summed E-state index contributed by atoms with van der Waals surface area (Å²) in [6.07, 6.45) is 8.82. The van der Waals surface area contributed by atoms with Crippen molar-refractivity contribution < 1.29 is 9.53 Å². The van der Waals surface area contributed by atoms with E-state index in [1.807, 2.05) is 6.20 Å². The van der Waals surface area contributed by atoms with Crippen molar-refractivity contribution in [1.82, 2.24) is 19.8 Å². The predicted molar refractivity (Wildman–Crippen MR) is 85.7 cm³/mol. The fourth-order valence-electron chi connectivity index (χ4n) is 4.51. The summed E-state index contributed by atoms with van der Waals surface area (Å²) >= 11 is 0. The third kappa shape index (κ3) is 2.90. The van der Waals surface area contributed by atoms with Crippen molar-refractivity contribution in [3.8, 4) is 0 Å². The molecule has 3 aliphatic rings. The first-order chi connectivity index (χ1) is 11.3. The van der Waals surface area contributed by atoms with Gasteiger partial charge >= 0.3 is 0 Å². The molecule has 23 heavy (non-hydrogen) atoms. The molecule has 1 spiro atoms. The molecule has 1 atom stereocenters. The Balaban J connectivity index is 1.44. The van der Waals surface area contributed by atoms with E-state index < -0.39 is 0 Å². The maximum Gasteiger partial charge on any atom is 0.230 e. The van der Waals surface area contributed by atoms with E-state index in [1.54, 1.807) is 6.20 Å². The van der Waals surface area contributed by atoms with Crippen LogP contribution in [0, 0.1) is 5.41 Å². The van der Waals surface area contributed by atoms with Crippen LogP contribution in [0.5, 0.6) is 0 Å². The number of nitrogens with zero attached hydrogens (tertiary/aromatic N) is 3. The molecule has 6 heteroatoms. The minimum Gasteiger partial charge on any atom is -0.381 e. The summed E-state index contributed by atoms with van der Waals surface area (Å²) in [6, 6.07) is 0.396. The number of aromatic nitrogens is 2. The van der Waals surface area contributed by atoms with E-state index in [9.17, 15) is 4.79 Å².